The molecule has 1 N–H and O–H groups in total. The lowest BCUT2D eigenvalue weighted by molar-refractivity contribution is 0.167. The lowest BCUT2D eigenvalue weighted by Crippen LogP contribution is -2.50. The third-order valence-electron chi connectivity index (χ3n) is 5.64. The van der Waals surface area contributed by atoms with Crippen LogP contribution < -0.4 is 14.8 Å². The van der Waals surface area contributed by atoms with Crippen molar-refractivity contribution in [2.24, 2.45) is 0 Å². The van der Waals surface area contributed by atoms with Gasteiger partial charge in [0, 0.05) is 31.7 Å². The number of nitrogens with zero attached hydrogens (tertiary/aromatic N) is 2. The Labute approximate surface area is 149 Å². The van der Waals surface area contributed by atoms with Gasteiger partial charge < -0.3 is 19.7 Å². The highest BCUT2D eigenvalue weighted by molar-refractivity contribution is 5.74. The van der Waals surface area contributed by atoms with E-state index in [-0.39, 0.29) is 12.8 Å². The molecule has 0 radical (unpaired) electrons. The van der Waals surface area contributed by atoms with Crippen LogP contribution in [-0.4, -0.2) is 54.3 Å². The lowest BCUT2D eigenvalue weighted by Gasteiger charge is -2.33. The van der Waals surface area contributed by atoms with Crippen molar-refractivity contribution in [1.29, 1.82) is 0 Å². The first-order valence-corrected chi connectivity index (χ1v) is 9.42. The van der Waals surface area contributed by atoms with Crippen LogP contribution in [0.1, 0.15) is 38.2 Å². The van der Waals surface area contributed by atoms with Crippen LogP contribution in [0.25, 0.3) is 0 Å². The third kappa shape index (κ3) is 3.40. The fourth-order valence-corrected chi connectivity index (χ4v) is 4.25. The lowest BCUT2D eigenvalue weighted by atomic mass is 9.99. The van der Waals surface area contributed by atoms with E-state index < -0.39 is 0 Å². The van der Waals surface area contributed by atoms with Gasteiger partial charge in [0.25, 0.3) is 0 Å². The van der Waals surface area contributed by atoms with Crippen LogP contribution in [0.2, 0.25) is 0 Å². The zero-order chi connectivity index (χ0) is 17.2. The minimum atomic E-state index is 0.0394. The number of urea groups is 1. The molecule has 4 rings (SSSR count). The highest BCUT2D eigenvalue weighted by Gasteiger charge is 2.36. The maximum Gasteiger partial charge on any atom is 0.317 e. The summed E-state index contributed by atoms with van der Waals surface area (Å²) < 4.78 is 10.8. The molecule has 0 aromatic heterocycles. The van der Waals surface area contributed by atoms with E-state index in [4.69, 9.17) is 9.47 Å². The Hall–Kier alpha value is -1.95. The highest BCUT2D eigenvalue weighted by atomic mass is 16.7. The Bertz CT molecular complexity index is 636. The molecule has 0 unspecified atom stereocenters. The SMILES string of the molecule is CCN(Cc1ccc2c(c1)OCO2)C(=O)N[C@H]1CCN2CCCC[C@H]12. The monoisotopic (exact) mass is 345 g/mol. The summed E-state index contributed by atoms with van der Waals surface area (Å²) in [5.41, 5.74) is 1.06. The minimum Gasteiger partial charge on any atom is -0.454 e. The second-order valence-electron chi connectivity index (χ2n) is 7.15. The first-order chi connectivity index (χ1) is 12.2. The van der Waals surface area contributed by atoms with Crippen molar-refractivity contribution in [1.82, 2.24) is 15.1 Å². The summed E-state index contributed by atoms with van der Waals surface area (Å²) in [5, 5.41) is 3.29. The van der Waals surface area contributed by atoms with Gasteiger partial charge in [-0.2, -0.15) is 0 Å². The normalized spacial score (nSPS) is 24.8. The van der Waals surface area contributed by atoms with E-state index in [0.29, 0.717) is 25.2 Å². The summed E-state index contributed by atoms with van der Waals surface area (Å²) in [7, 11) is 0. The summed E-state index contributed by atoms with van der Waals surface area (Å²) in [6.45, 7) is 5.86. The molecule has 2 amide bonds. The number of nitrogens with one attached hydrogen (secondary N) is 1. The molecule has 6 heteroatoms. The van der Waals surface area contributed by atoms with Gasteiger partial charge in [0.1, 0.15) is 0 Å². The fraction of sp³-hybridized carbons (Fsp3) is 0.632. The second kappa shape index (κ2) is 7.12. The standard InChI is InChI=1S/C19H27N3O3/c1-2-21(12-14-6-7-17-18(11-14)25-13-24-17)19(23)20-15-8-10-22-9-4-3-5-16(15)22/h6-7,11,15-16H,2-5,8-10,12-13H2,1H3,(H,20,23)/t15-,16+/m0/s1. The number of ether oxygens (including phenoxy) is 2. The Morgan fingerprint density at radius 2 is 2.12 bits per heavy atom. The predicted molar refractivity (Wildman–Crippen MR) is 94.8 cm³/mol. The van der Waals surface area contributed by atoms with E-state index in [1.54, 1.807) is 0 Å². The molecule has 2 fully saturated rings. The summed E-state index contributed by atoms with van der Waals surface area (Å²) >= 11 is 0. The fourth-order valence-electron chi connectivity index (χ4n) is 4.25. The van der Waals surface area contributed by atoms with Crippen molar-refractivity contribution in [3.05, 3.63) is 23.8 Å². The average Bonchev–Trinajstić information content (AvgIpc) is 3.26. The van der Waals surface area contributed by atoms with Crippen molar-refractivity contribution in [2.75, 3.05) is 26.4 Å². The molecule has 3 heterocycles. The minimum absolute atomic E-state index is 0.0394. The number of fused-ring (bicyclic) bond motifs is 2. The van der Waals surface area contributed by atoms with E-state index in [9.17, 15) is 4.79 Å². The first-order valence-electron chi connectivity index (χ1n) is 9.42. The van der Waals surface area contributed by atoms with Crippen LogP contribution in [0, 0.1) is 0 Å². The number of hydrogen-bond donors (Lipinski definition) is 1. The molecule has 1 aromatic rings. The van der Waals surface area contributed by atoms with Crippen molar-refractivity contribution in [2.45, 2.75) is 51.2 Å². The van der Waals surface area contributed by atoms with E-state index in [1.165, 1.54) is 25.8 Å². The van der Waals surface area contributed by atoms with Crippen LogP contribution >= 0.6 is 0 Å². The number of hydrogen-bond acceptors (Lipinski definition) is 4. The van der Waals surface area contributed by atoms with Crippen LogP contribution in [0.3, 0.4) is 0 Å². The Kier molecular flexibility index (Phi) is 4.70. The van der Waals surface area contributed by atoms with E-state index >= 15 is 0 Å². The molecule has 0 spiro atoms. The van der Waals surface area contributed by atoms with Crippen LogP contribution in [0.15, 0.2) is 18.2 Å². The summed E-state index contributed by atoms with van der Waals surface area (Å²) in [5.74, 6) is 1.54. The zero-order valence-corrected chi connectivity index (χ0v) is 14.9. The molecule has 0 saturated carbocycles. The molecule has 0 bridgehead atoms. The molecule has 25 heavy (non-hydrogen) atoms. The topological polar surface area (TPSA) is 54.0 Å². The van der Waals surface area contributed by atoms with Gasteiger partial charge in [0.2, 0.25) is 6.79 Å². The summed E-state index contributed by atoms with van der Waals surface area (Å²) in [6, 6.07) is 6.75. The second-order valence-corrected chi connectivity index (χ2v) is 7.15. The molecular weight excluding hydrogens is 318 g/mol. The number of amides is 2. The third-order valence-corrected chi connectivity index (χ3v) is 5.64. The van der Waals surface area contributed by atoms with Gasteiger partial charge in [0.15, 0.2) is 11.5 Å². The molecule has 2 atom stereocenters. The predicted octanol–water partition coefficient (Wildman–Crippen LogP) is 2.57. The number of carbonyl (C=O) groups excluding carboxylic acids is 1. The summed E-state index contributed by atoms with van der Waals surface area (Å²) in [6.07, 6.45) is 4.85. The van der Waals surface area contributed by atoms with Crippen molar-refractivity contribution >= 4 is 6.03 Å². The Morgan fingerprint density at radius 1 is 1.24 bits per heavy atom. The number of rotatable bonds is 4. The van der Waals surface area contributed by atoms with E-state index in [1.807, 2.05) is 30.0 Å². The van der Waals surface area contributed by atoms with Gasteiger partial charge in [-0.25, -0.2) is 4.79 Å². The zero-order valence-electron chi connectivity index (χ0n) is 14.9. The molecular formula is C19H27N3O3. The Balaban J connectivity index is 1.38. The molecule has 1 aromatic carbocycles. The van der Waals surface area contributed by atoms with Gasteiger partial charge in [0.05, 0.1) is 0 Å². The van der Waals surface area contributed by atoms with Gasteiger partial charge >= 0.3 is 6.03 Å². The van der Waals surface area contributed by atoms with E-state index in [0.717, 1.165) is 30.0 Å². The molecule has 0 aliphatic carbocycles. The molecule has 3 aliphatic heterocycles. The highest BCUT2D eigenvalue weighted by Crippen LogP contribution is 2.33. The van der Waals surface area contributed by atoms with Crippen molar-refractivity contribution in [3.63, 3.8) is 0 Å². The smallest absolute Gasteiger partial charge is 0.317 e. The number of carbonyl (C=O) groups is 1. The Morgan fingerprint density at radius 3 is 3.00 bits per heavy atom. The van der Waals surface area contributed by atoms with Gasteiger partial charge in [-0.3, -0.25) is 4.90 Å². The van der Waals surface area contributed by atoms with Gasteiger partial charge in [-0.15, -0.1) is 0 Å². The first kappa shape index (κ1) is 16.5. The quantitative estimate of drug-likeness (QED) is 0.911. The van der Waals surface area contributed by atoms with Crippen LogP contribution in [-0.2, 0) is 6.54 Å². The average molecular weight is 345 g/mol. The molecule has 6 nitrogen and oxygen atoms in total. The maximum absolute atomic E-state index is 12.8. The molecule has 136 valence electrons. The molecule has 3 aliphatic rings. The summed E-state index contributed by atoms with van der Waals surface area (Å²) in [4.78, 5) is 17.2. The van der Waals surface area contributed by atoms with Crippen molar-refractivity contribution in [3.8, 4) is 11.5 Å². The maximum atomic E-state index is 12.8. The van der Waals surface area contributed by atoms with Crippen molar-refractivity contribution < 1.29 is 14.3 Å². The number of piperidine rings is 1. The van der Waals surface area contributed by atoms with Crippen LogP contribution in [0.5, 0.6) is 11.5 Å². The molecule has 2 saturated heterocycles. The number of benzene rings is 1. The van der Waals surface area contributed by atoms with Gasteiger partial charge in [-0.05, 0) is 50.4 Å². The van der Waals surface area contributed by atoms with E-state index in [2.05, 4.69) is 10.2 Å². The van der Waals surface area contributed by atoms with Gasteiger partial charge in [-0.1, -0.05) is 12.5 Å². The largest absolute Gasteiger partial charge is 0.454 e. The van der Waals surface area contributed by atoms with Crippen LogP contribution in [0.4, 0.5) is 4.79 Å².